The SMILES string of the molecule is O=C(NCCCN1CCOCC1)C(=O)Nc1ccccc1Br. The zero-order chi connectivity index (χ0) is 15.8. The summed E-state index contributed by atoms with van der Waals surface area (Å²) in [6.07, 6.45) is 0.814. The second-order valence-electron chi connectivity index (χ2n) is 5.00. The van der Waals surface area contributed by atoms with Gasteiger partial charge in [-0.3, -0.25) is 14.5 Å². The van der Waals surface area contributed by atoms with Gasteiger partial charge in [0.2, 0.25) is 0 Å². The zero-order valence-corrected chi connectivity index (χ0v) is 13.9. The van der Waals surface area contributed by atoms with Crippen LogP contribution in [0.1, 0.15) is 6.42 Å². The van der Waals surface area contributed by atoms with Gasteiger partial charge in [-0.1, -0.05) is 12.1 Å². The molecule has 0 radical (unpaired) electrons. The number of halogens is 1. The molecule has 0 unspecified atom stereocenters. The second-order valence-corrected chi connectivity index (χ2v) is 5.85. The molecule has 1 aliphatic rings. The van der Waals surface area contributed by atoms with E-state index in [2.05, 4.69) is 31.5 Å². The molecule has 0 aromatic heterocycles. The number of nitrogens with one attached hydrogen (secondary N) is 2. The van der Waals surface area contributed by atoms with Crippen LogP contribution in [0.3, 0.4) is 0 Å². The Balaban J connectivity index is 1.66. The van der Waals surface area contributed by atoms with Crippen LogP contribution in [-0.2, 0) is 14.3 Å². The lowest BCUT2D eigenvalue weighted by molar-refractivity contribution is -0.136. The van der Waals surface area contributed by atoms with Crippen LogP contribution in [0.2, 0.25) is 0 Å². The fourth-order valence-electron chi connectivity index (χ4n) is 2.15. The van der Waals surface area contributed by atoms with Crippen LogP contribution < -0.4 is 10.6 Å². The van der Waals surface area contributed by atoms with Gasteiger partial charge >= 0.3 is 11.8 Å². The minimum atomic E-state index is -0.654. The number of rotatable bonds is 5. The third-order valence-corrected chi connectivity index (χ3v) is 4.06. The highest BCUT2D eigenvalue weighted by Gasteiger charge is 2.15. The number of anilines is 1. The van der Waals surface area contributed by atoms with Gasteiger partial charge in [0.1, 0.15) is 0 Å². The maximum Gasteiger partial charge on any atom is 0.313 e. The molecule has 0 saturated carbocycles. The Morgan fingerprint density at radius 2 is 1.91 bits per heavy atom. The number of hydrogen-bond donors (Lipinski definition) is 2. The average molecular weight is 370 g/mol. The maximum absolute atomic E-state index is 11.8. The Morgan fingerprint density at radius 3 is 2.64 bits per heavy atom. The Morgan fingerprint density at radius 1 is 1.18 bits per heavy atom. The van der Waals surface area contributed by atoms with Crippen LogP contribution in [0.25, 0.3) is 0 Å². The minimum Gasteiger partial charge on any atom is -0.379 e. The van der Waals surface area contributed by atoms with Gasteiger partial charge in [-0.25, -0.2) is 0 Å². The van der Waals surface area contributed by atoms with E-state index in [1.807, 2.05) is 6.07 Å². The normalized spacial score (nSPS) is 15.3. The maximum atomic E-state index is 11.8. The molecule has 1 aliphatic heterocycles. The van der Waals surface area contributed by atoms with Gasteiger partial charge in [0, 0.05) is 24.1 Å². The fourth-order valence-corrected chi connectivity index (χ4v) is 2.54. The highest BCUT2D eigenvalue weighted by Crippen LogP contribution is 2.20. The van der Waals surface area contributed by atoms with Gasteiger partial charge in [0.15, 0.2) is 0 Å². The summed E-state index contributed by atoms with van der Waals surface area (Å²) >= 11 is 3.32. The average Bonchev–Trinajstić information content (AvgIpc) is 2.54. The van der Waals surface area contributed by atoms with E-state index < -0.39 is 11.8 Å². The number of hydrogen-bond acceptors (Lipinski definition) is 4. The largest absolute Gasteiger partial charge is 0.379 e. The minimum absolute atomic E-state index is 0.486. The zero-order valence-electron chi connectivity index (χ0n) is 12.3. The molecule has 1 heterocycles. The number of benzene rings is 1. The number of carbonyl (C=O) groups is 2. The number of morpholine rings is 1. The first-order chi connectivity index (χ1) is 10.7. The Kier molecular flexibility index (Phi) is 6.82. The molecule has 0 spiro atoms. The van der Waals surface area contributed by atoms with E-state index >= 15 is 0 Å². The summed E-state index contributed by atoms with van der Waals surface area (Å²) in [6.45, 7) is 4.77. The van der Waals surface area contributed by atoms with Crippen LogP contribution in [0.15, 0.2) is 28.7 Å². The van der Waals surface area contributed by atoms with E-state index in [0.29, 0.717) is 12.2 Å². The second kappa shape index (κ2) is 8.87. The van der Waals surface area contributed by atoms with Gasteiger partial charge in [-0.2, -0.15) is 0 Å². The number of para-hydroxylation sites is 1. The summed E-state index contributed by atoms with van der Waals surface area (Å²) in [5.41, 5.74) is 0.580. The summed E-state index contributed by atoms with van der Waals surface area (Å²) < 4.78 is 6.01. The smallest absolute Gasteiger partial charge is 0.313 e. The van der Waals surface area contributed by atoms with Crippen molar-refractivity contribution in [2.45, 2.75) is 6.42 Å². The predicted octanol–water partition coefficient (Wildman–Crippen LogP) is 1.23. The highest BCUT2D eigenvalue weighted by atomic mass is 79.9. The Hall–Kier alpha value is -1.44. The summed E-state index contributed by atoms with van der Waals surface area (Å²) in [7, 11) is 0. The summed E-state index contributed by atoms with van der Waals surface area (Å²) in [6, 6.07) is 7.16. The van der Waals surface area contributed by atoms with Crippen molar-refractivity contribution in [2.75, 3.05) is 44.7 Å². The number of carbonyl (C=O) groups excluding carboxylic acids is 2. The predicted molar refractivity (Wildman–Crippen MR) is 87.7 cm³/mol. The highest BCUT2D eigenvalue weighted by molar-refractivity contribution is 9.10. The molecule has 2 amide bonds. The number of nitrogens with zero attached hydrogens (tertiary/aromatic N) is 1. The van der Waals surface area contributed by atoms with Crippen molar-refractivity contribution < 1.29 is 14.3 Å². The van der Waals surface area contributed by atoms with E-state index in [1.165, 1.54) is 0 Å². The number of amides is 2. The molecule has 7 heteroatoms. The molecule has 1 fully saturated rings. The monoisotopic (exact) mass is 369 g/mol. The van der Waals surface area contributed by atoms with Crippen LogP contribution in [0, 0.1) is 0 Å². The van der Waals surface area contributed by atoms with Crippen LogP contribution in [0.4, 0.5) is 5.69 Å². The first-order valence-electron chi connectivity index (χ1n) is 7.30. The van der Waals surface area contributed by atoms with Gasteiger partial charge in [0.05, 0.1) is 18.9 Å². The van der Waals surface area contributed by atoms with Crippen LogP contribution in [0.5, 0.6) is 0 Å². The molecule has 6 nitrogen and oxygen atoms in total. The van der Waals surface area contributed by atoms with E-state index in [0.717, 1.165) is 43.7 Å². The Bertz CT molecular complexity index is 519. The molecule has 2 rings (SSSR count). The number of ether oxygens (including phenoxy) is 1. The molecule has 1 aromatic rings. The quantitative estimate of drug-likeness (QED) is 0.604. The third kappa shape index (κ3) is 5.40. The molecule has 0 aliphatic carbocycles. The first-order valence-corrected chi connectivity index (χ1v) is 8.10. The van der Waals surface area contributed by atoms with Crippen LogP contribution >= 0.6 is 15.9 Å². The van der Waals surface area contributed by atoms with Crippen molar-refractivity contribution >= 4 is 33.4 Å². The van der Waals surface area contributed by atoms with E-state index in [-0.39, 0.29) is 0 Å². The standard InChI is InChI=1S/C15H20BrN3O3/c16-12-4-1-2-5-13(12)18-15(21)14(20)17-6-3-7-19-8-10-22-11-9-19/h1-2,4-5H,3,6-11H2,(H,17,20)(H,18,21). The van der Waals surface area contributed by atoms with Gasteiger partial charge in [-0.15, -0.1) is 0 Å². The molecule has 0 atom stereocenters. The van der Waals surface area contributed by atoms with E-state index in [4.69, 9.17) is 4.74 Å². The Labute approximate surface area is 138 Å². The van der Waals surface area contributed by atoms with Gasteiger partial charge < -0.3 is 15.4 Å². The third-order valence-electron chi connectivity index (χ3n) is 3.37. The van der Waals surface area contributed by atoms with Crippen molar-refractivity contribution in [1.82, 2.24) is 10.2 Å². The summed E-state index contributed by atoms with van der Waals surface area (Å²) in [5.74, 6) is -1.27. The molecule has 2 N–H and O–H groups in total. The van der Waals surface area contributed by atoms with E-state index in [1.54, 1.807) is 18.2 Å². The molecule has 1 saturated heterocycles. The van der Waals surface area contributed by atoms with Crippen molar-refractivity contribution in [2.24, 2.45) is 0 Å². The molecular formula is C15H20BrN3O3. The van der Waals surface area contributed by atoms with Gasteiger partial charge in [-0.05, 0) is 41.0 Å². The first kappa shape index (κ1) is 16.9. The van der Waals surface area contributed by atoms with Crippen molar-refractivity contribution in [3.05, 3.63) is 28.7 Å². The van der Waals surface area contributed by atoms with Crippen molar-refractivity contribution in [3.8, 4) is 0 Å². The topological polar surface area (TPSA) is 70.7 Å². The molecular weight excluding hydrogens is 350 g/mol. The lowest BCUT2D eigenvalue weighted by atomic mass is 10.3. The molecule has 120 valence electrons. The van der Waals surface area contributed by atoms with Gasteiger partial charge in [0.25, 0.3) is 0 Å². The lowest BCUT2D eigenvalue weighted by Gasteiger charge is -2.26. The molecule has 22 heavy (non-hydrogen) atoms. The van der Waals surface area contributed by atoms with Crippen LogP contribution in [-0.4, -0.2) is 56.1 Å². The molecule has 1 aromatic carbocycles. The fraction of sp³-hybridized carbons (Fsp3) is 0.467. The summed E-state index contributed by atoms with van der Waals surface area (Å²) in [5, 5.41) is 5.21. The molecule has 0 bridgehead atoms. The lowest BCUT2D eigenvalue weighted by Crippen LogP contribution is -2.39. The van der Waals surface area contributed by atoms with Crippen molar-refractivity contribution in [3.63, 3.8) is 0 Å². The van der Waals surface area contributed by atoms with E-state index in [9.17, 15) is 9.59 Å². The summed E-state index contributed by atoms with van der Waals surface area (Å²) in [4.78, 5) is 25.8. The van der Waals surface area contributed by atoms with Crippen molar-refractivity contribution in [1.29, 1.82) is 0 Å².